The number of aromatic nitrogens is 2. The highest BCUT2D eigenvalue weighted by Crippen LogP contribution is 2.30. The van der Waals surface area contributed by atoms with Crippen LogP contribution in [0.3, 0.4) is 0 Å². The molecule has 2 aliphatic heterocycles. The summed E-state index contributed by atoms with van der Waals surface area (Å²) in [5, 5.41) is 23.4. The zero-order chi connectivity index (χ0) is 35.8. The predicted octanol–water partition coefficient (Wildman–Crippen LogP) is 5.70. The minimum atomic E-state index is -0.916. The van der Waals surface area contributed by atoms with Gasteiger partial charge in [0.15, 0.2) is 0 Å². The van der Waals surface area contributed by atoms with Crippen molar-refractivity contribution >= 4 is 47.7 Å². The fraction of sp³-hybridized carbons (Fsp3) is 0.462. The average molecular weight is 671 g/mol. The molecular formula is C39H50N4O6. The summed E-state index contributed by atoms with van der Waals surface area (Å²) >= 11 is 0. The smallest absolute Gasteiger partial charge is 0.303 e. The third-order valence-electron chi connectivity index (χ3n) is 9.78. The molecule has 0 bridgehead atoms. The summed E-state index contributed by atoms with van der Waals surface area (Å²) in [6, 6.07) is 0. The van der Waals surface area contributed by atoms with E-state index >= 15 is 0 Å². The Bertz CT molecular complexity index is 1880. The van der Waals surface area contributed by atoms with Crippen molar-refractivity contribution < 1.29 is 29.4 Å². The largest absolute Gasteiger partial charge is 0.481 e. The van der Waals surface area contributed by atoms with Crippen LogP contribution in [-0.2, 0) is 32.0 Å². The number of amides is 2. The van der Waals surface area contributed by atoms with Crippen molar-refractivity contribution in [2.24, 2.45) is 10.9 Å². The Morgan fingerprint density at radius 1 is 0.796 bits per heavy atom. The molecule has 1 fully saturated rings. The minimum absolute atomic E-state index is 0.0708. The van der Waals surface area contributed by atoms with Gasteiger partial charge in [0.2, 0.25) is 5.91 Å². The average Bonchev–Trinajstić information content (AvgIpc) is 3.69. The molecule has 262 valence electrons. The second-order valence-electron chi connectivity index (χ2n) is 13.1. The fourth-order valence-electron chi connectivity index (χ4n) is 6.73. The lowest BCUT2D eigenvalue weighted by molar-refractivity contribution is -0.138. The van der Waals surface area contributed by atoms with Crippen LogP contribution in [0.1, 0.15) is 119 Å². The summed E-state index contributed by atoms with van der Waals surface area (Å²) in [4.78, 5) is 59.8. The highest BCUT2D eigenvalue weighted by molar-refractivity contribution is 6.30. The van der Waals surface area contributed by atoms with Gasteiger partial charge in [0.05, 0.1) is 11.6 Å². The number of carbonyl (C=O) groups is 4. The minimum Gasteiger partial charge on any atom is -0.481 e. The summed E-state index contributed by atoms with van der Waals surface area (Å²) in [7, 11) is 0. The Morgan fingerprint density at radius 2 is 1.45 bits per heavy atom. The van der Waals surface area contributed by atoms with Gasteiger partial charge in [0.25, 0.3) is 5.91 Å². The number of hydrogen-bond donors (Lipinski definition) is 5. The van der Waals surface area contributed by atoms with Crippen molar-refractivity contribution in [2.45, 2.75) is 112 Å². The normalized spacial score (nSPS) is 18.8. The van der Waals surface area contributed by atoms with Crippen LogP contribution in [0.2, 0.25) is 0 Å². The van der Waals surface area contributed by atoms with E-state index < -0.39 is 11.9 Å². The molecule has 0 unspecified atom stereocenters. The van der Waals surface area contributed by atoms with Crippen LogP contribution >= 0.6 is 0 Å². The molecule has 1 saturated heterocycles. The first-order valence-electron chi connectivity index (χ1n) is 17.4. The number of aromatic amines is 2. The first-order chi connectivity index (χ1) is 23.4. The van der Waals surface area contributed by atoms with E-state index in [1.54, 1.807) is 0 Å². The molecule has 2 aromatic rings. The lowest BCUT2D eigenvalue weighted by Gasteiger charge is -2.03. The number of carboxylic acid groups (broad SMARTS) is 2. The zero-order valence-corrected chi connectivity index (χ0v) is 29.6. The molecule has 10 nitrogen and oxygen atoms in total. The molecule has 2 aliphatic rings. The number of aliphatic carboxylic acids is 2. The van der Waals surface area contributed by atoms with Crippen molar-refractivity contribution in [1.29, 1.82) is 0 Å². The molecule has 2 aromatic heterocycles. The van der Waals surface area contributed by atoms with Crippen LogP contribution in [-0.4, -0.2) is 49.6 Å². The number of nitrogens with one attached hydrogen (secondary N) is 3. The van der Waals surface area contributed by atoms with Crippen LogP contribution in [0.5, 0.6) is 0 Å². The van der Waals surface area contributed by atoms with E-state index in [2.05, 4.69) is 27.2 Å². The van der Waals surface area contributed by atoms with Gasteiger partial charge >= 0.3 is 11.9 Å². The van der Waals surface area contributed by atoms with Crippen LogP contribution < -0.4 is 16.0 Å². The van der Waals surface area contributed by atoms with E-state index in [1.165, 1.54) is 19.3 Å². The molecule has 0 aromatic carbocycles. The van der Waals surface area contributed by atoms with Gasteiger partial charge in [-0.3, -0.25) is 19.2 Å². The number of hydrogen-bond acceptors (Lipinski definition) is 4. The van der Waals surface area contributed by atoms with Crippen molar-refractivity contribution in [1.82, 2.24) is 15.3 Å². The third kappa shape index (κ3) is 8.85. The van der Waals surface area contributed by atoms with Gasteiger partial charge in [-0.25, -0.2) is 4.99 Å². The van der Waals surface area contributed by atoms with E-state index in [-0.39, 0.29) is 43.4 Å². The maximum Gasteiger partial charge on any atom is 0.303 e. The van der Waals surface area contributed by atoms with Gasteiger partial charge in [-0.15, -0.1) is 0 Å². The monoisotopic (exact) mass is 670 g/mol. The summed E-state index contributed by atoms with van der Waals surface area (Å²) in [6.45, 7) is 11.7. The van der Waals surface area contributed by atoms with Gasteiger partial charge in [-0.05, 0) is 112 Å². The summed E-state index contributed by atoms with van der Waals surface area (Å²) in [5.41, 5.74) is 8.61. The summed E-state index contributed by atoms with van der Waals surface area (Å²) < 4.78 is 0. The number of nitrogens with zero attached hydrogens (tertiary/aromatic N) is 1. The summed E-state index contributed by atoms with van der Waals surface area (Å²) in [5.74, 6) is -2.38. The van der Waals surface area contributed by atoms with Gasteiger partial charge in [0, 0.05) is 46.2 Å². The number of unbranched alkanes of at least 4 members (excludes halogenated alkanes) is 5. The number of aliphatic imine (C=N–C) groups is 1. The van der Waals surface area contributed by atoms with Crippen LogP contribution in [0.4, 0.5) is 0 Å². The first kappa shape index (κ1) is 37.1. The molecule has 4 heterocycles. The van der Waals surface area contributed by atoms with Gasteiger partial charge in [-0.2, -0.15) is 0 Å². The molecule has 4 rings (SSSR count). The van der Waals surface area contributed by atoms with Crippen molar-refractivity contribution in [3.63, 3.8) is 0 Å². The zero-order valence-electron chi connectivity index (χ0n) is 29.6. The van der Waals surface area contributed by atoms with Crippen molar-refractivity contribution in [2.75, 3.05) is 0 Å². The van der Waals surface area contributed by atoms with E-state index in [1.807, 2.05) is 58.9 Å². The summed E-state index contributed by atoms with van der Waals surface area (Å²) in [6.07, 6.45) is 15.5. The van der Waals surface area contributed by atoms with Crippen molar-refractivity contribution in [3.05, 3.63) is 72.8 Å². The van der Waals surface area contributed by atoms with Gasteiger partial charge in [-0.1, -0.05) is 45.1 Å². The second kappa shape index (κ2) is 16.6. The van der Waals surface area contributed by atoms with Gasteiger partial charge < -0.3 is 25.5 Å². The maximum absolute atomic E-state index is 12.9. The Hall–Kier alpha value is -4.73. The lowest BCUT2D eigenvalue weighted by Crippen LogP contribution is -2.16. The van der Waals surface area contributed by atoms with Gasteiger partial charge in [0.1, 0.15) is 0 Å². The molecule has 1 atom stereocenters. The van der Waals surface area contributed by atoms with E-state index in [9.17, 15) is 29.4 Å². The van der Waals surface area contributed by atoms with E-state index in [0.29, 0.717) is 28.9 Å². The topological polar surface area (TPSA) is 165 Å². The maximum atomic E-state index is 12.9. The predicted molar refractivity (Wildman–Crippen MR) is 192 cm³/mol. The van der Waals surface area contributed by atoms with E-state index in [4.69, 9.17) is 0 Å². The SMILES string of the molecule is C/C=C1/C(=C\c2[nH]c(/C=c3\[nH]/c(=C/C4=NC(=O)C(CCCCCCCC)=C4C)c(C)c3CCC(=O)O)c(CCC(=O)O)c2C)NC(=O)[C@@H]1C. The van der Waals surface area contributed by atoms with Crippen LogP contribution in [0.25, 0.3) is 18.2 Å². The number of carbonyl (C=O) groups excluding carboxylic acids is 2. The number of rotatable bonds is 16. The molecule has 0 aliphatic carbocycles. The quantitative estimate of drug-likeness (QED) is 0.144. The molecule has 0 saturated carbocycles. The first-order valence-corrected chi connectivity index (χ1v) is 17.4. The lowest BCUT2D eigenvalue weighted by atomic mass is 10.00. The fourth-order valence-corrected chi connectivity index (χ4v) is 6.73. The molecule has 2 amide bonds. The Labute approximate surface area is 287 Å². The standard InChI is InChI=1S/C39H50N4O6/c1-7-9-10-11-12-13-14-29-24(5)32(42-39(29)49)19-30-22(3)27(15-17-36(44)45)34(40-30)21-35-28(16-18-37(46)47)23(4)31(41-35)20-33-26(8-2)25(6)38(48)43-33/h8,19-21,25,40-41H,7,9-18H2,1-6H3,(H,43,48)(H,44,45)(H,46,47)/b26-8+,30-19+,33-20+,34-21-/t25-/m1/s1. The number of H-pyrrole nitrogens is 2. The van der Waals surface area contributed by atoms with Crippen LogP contribution in [0.15, 0.2) is 33.5 Å². The highest BCUT2D eigenvalue weighted by atomic mass is 16.4. The highest BCUT2D eigenvalue weighted by Gasteiger charge is 2.29. The Kier molecular flexibility index (Phi) is 12.6. The molecular weight excluding hydrogens is 620 g/mol. The third-order valence-corrected chi connectivity index (χ3v) is 9.78. The van der Waals surface area contributed by atoms with Crippen molar-refractivity contribution in [3.8, 4) is 0 Å². The second-order valence-corrected chi connectivity index (χ2v) is 13.1. The Balaban J connectivity index is 1.78. The number of allylic oxidation sites excluding steroid dienone is 3. The molecule has 49 heavy (non-hydrogen) atoms. The Morgan fingerprint density at radius 3 is 2.10 bits per heavy atom. The molecule has 0 radical (unpaired) electrons. The van der Waals surface area contributed by atoms with E-state index in [0.717, 1.165) is 69.3 Å². The molecule has 10 heteroatoms. The molecule has 0 spiro atoms. The molecule has 5 N–H and O–H groups in total. The van der Waals surface area contributed by atoms with Crippen LogP contribution in [0, 0.1) is 19.8 Å². The number of carboxylic acids is 2.